The Balaban J connectivity index is 2.69. The van der Waals surface area contributed by atoms with Crippen molar-refractivity contribution in [3.8, 4) is 0 Å². The van der Waals surface area contributed by atoms with E-state index in [-0.39, 0.29) is 0 Å². The number of rotatable bonds is 2. The van der Waals surface area contributed by atoms with Crippen molar-refractivity contribution in [3.63, 3.8) is 0 Å². The van der Waals surface area contributed by atoms with Gasteiger partial charge in [0.05, 0.1) is 0 Å². The molecule has 0 heterocycles. The van der Waals surface area contributed by atoms with E-state index in [1.165, 1.54) is 0 Å². The fraction of sp³-hybridized carbons (Fsp3) is 0.786. The molecule has 0 aromatic rings. The summed E-state index contributed by atoms with van der Waals surface area (Å²) in [7, 11) is 0. The average molecular weight is 486 g/mol. The molecule has 0 saturated heterocycles. The minimum Gasteiger partial charge on any atom is -0.436 e. The van der Waals surface area contributed by atoms with E-state index < -0.39 is 69.5 Å². The number of hydrogen-bond acceptors (Lipinski definition) is 4. The van der Waals surface area contributed by atoms with Crippen molar-refractivity contribution < 1.29 is 76.8 Å². The van der Waals surface area contributed by atoms with E-state index in [1.54, 1.807) is 0 Å². The zero-order valence-electron chi connectivity index (χ0n) is 14.3. The molecule has 0 aromatic heterocycles. The van der Waals surface area contributed by atoms with Crippen LogP contribution in [0.5, 0.6) is 0 Å². The highest BCUT2D eigenvalue weighted by Gasteiger charge is 3.22. The third kappa shape index (κ3) is 1.46. The van der Waals surface area contributed by atoms with Crippen LogP contribution in [0.25, 0.3) is 0 Å². The summed E-state index contributed by atoms with van der Waals surface area (Å²) >= 11 is 0. The first-order valence-corrected chi connectivity index (χ1v) is 7.62. The Kier molecular flexibility index (Phi) is 3.79. The third-order valence-electron chi connectivity index (χ3n) is 5.95. The molecule has 0 spiro atoms. The van der Waals surface area contributed by atoms with E-state index in [0.29, 0.717) is 6.92 Å². The lowest BCUT2D eigenvalue weighted by atomic mass is 9.39. The summed E-state index contributed by atoms with van der Waals surface area (Å²) in [6, 6.07) is 0. The molecule has 4 bridgehead atoms. The lowest BCUT2D eigenvalue weighted by Gasteiger charge is -2.75. The molecule has 2 atom stereocenters. The molecule has 4 aliphatic rings. The van der Waals surface area contributed by atoms with Crippen LogP contribution in [0.3, 0.4) is 0 Å². The summed E-state index contributed by atoms with van der Waals surface area (Å²) < 4.78 is 192. The smallest absolute Gasteiger partial charge is 0.344 e. The van der Waals surface area contributed by atoms with Crippen LogP contribution < -0.4 is 0 Å². The average Bonchev–Trinajstić information content (AvgIpc) is 2.58. The first-order chi connectivity index (χ1) is 13.3. The molecule has 0 aliphatic heterocycles. The Morgan fingerprint density at radius 1 is 0.645 bits per heavy atom. The number of halogens is 13. The summed E-state index contributed by atoms with van der Waals surface area (Å²) in [5.41, 5.74) is -30.2. The lowest BCUT2D eigenvalue weighted by molar-refractivity contribution is -0.631. The Bertz CT molecular complexity index is 797. The first-order valence-electron chi connectivity index (χ1n) is 7.62. The predicted molar refractivity (Wildman–Crippen MR) is 67.1 cm³/mol. The van der Waals surface area contributed by atoms with E-state index in [9.17, 15) is 72.1 Å². The fourth-order valence-corrected chi connectivity index (χ4v) is 4.30. The van der Waals surface area contributed by atoms with Gasteiger partial charge in [-0.15, -0.1) is 0 Å². The SMILES string of the molecule is C=C(C)C(=O)OC12C(F)(F)C3(O)C(F)(F)C(O)(C(F)(F)C(F)(C3(F)F)C1(F)F)C2(F)F. The normalized spacial score (nSPS) is 46.5. The summed E-state index contributed by atoms with van der Waals surface area (Å²) in [6.07, 6.45) is 0. The maximum Gasteiger partial charge on any atom is 0.344 e. The standard InChI is InChI=1S/C14H7F13O4/c1-3(2)4(28)31-8-11(20,21)5(15)9(16,17)6(29,13(8,24)25)12(22,23)7(30,10(5,18)19)14(8,26)27/h29-30H,1H2,2H3. The van der Waals surface area contributed by atoms with Crippen molar-refractivity contribution in [1.29, 1.82) is 0 Å². The highest BCUT2D eigenvalue weighted by atomic mass is 19.3. The zero-order valence-corrected chi connectivity index (χ0v) is 14.3. The third-order valence-corrected chi connectivity index (χ3v) is 5.95. The maximum absolute atomic E-state index is 14.9. The van der Waals surface area contributed by atoms with Gasteiger partial charge in [0.25, 0.3) is 11.2 Å². The van der Waals surface area contributed by atoms with Crippen molar-refractivity contribution in [2.45, 2.75) is 64.9 Å². The first kappa shape index (κ1) is 23.9. The van der Waals surface area contributed by atoms with Crippen LogP contribution in [0.1, 0.15) is 6.92 Å². The molecular formula is C14H7F13O4. The number of esters is 1. The van der Waals surface area contributed by atoms with Gasteiger partial charge in [0.2, 0.25) is 0 Å². The number of aliphatic hydroxyl groups is 2. The summed E-state index contributed by atoms with van der Waals surface area (Å²) in [5, 5.41) is 18.9. The molecule has 4 saturated carbocycles. The van der Waals surface area contributed by atoms with Gasteiger partial charge >= 0.3 is 52.8 Å². The second-order valence-corrected chi connectivity index (χ2v) is 7.38. The Labute approximate surface area is 161 Å². The van der Waals surface area contributed by atoms with E-state index in [4.69, 9.17) is 0 Å². The Morgan fingerprint density at radius 3 is 1.26 bits per heavy atom. The summed E-state index contributed by atoms with van der Waals surface area (Å²) in [6.45, 7) is 2.94. The minimum absolute atomic E-state index is 0.379. The molecule has 17 heteroatoms. The van der Waals surface area contributed by atoms with Gasteiger partial charge in [0.1, 0.15) is 0 Å². The lowest BCUT2D eigenvalue weighted by Crippen LogP contribution is -3.11. The largest absolute Gasteiger partial charge is 0.436 e. The number of carbonyl (C=O) groups excluding carboxylic acids is 1. The molecule has 0 amide bonds. The number of ether oxygens (including phenoxy) is 1. The molecule has 2 N–H and O–H groups in total. The Morgan fingerprint density at radius 2 is 0.968 bits per heavy atom. The topological polar surface area (TPSA) is 66.8 Å². The van der Waals surface area contributed by atoms with Gasteiger partial charge in [-0.2, -0.15) is 52.7 Å². The van der Waals surface area contributed by atoms with Gasteiger partial charge in [-0.1, -0.05) is 6.58 Å². The van der Waals surface area contributed by atoms with Crippen molar-refractivity contribution in [1.82, 2.24) is 0 Å². The van der Waals surface area contributed by atoms with Crippen LogP contribution >= 0.6 is 0 Å². The molecule has 0 aromatic carbocycles. The molecule has 31 heavy (non-hydrogen) atoms. The van der Waals surface area contributed by atoms with Crippen molar-refractivity contribution in [3.05, 3.63) is 12.2 Å². The van der Waals surface area contributed by atoms with Gasteiger partial charge < -0.3 is 14.9 Å². The van der Waals surface area contributed by atoms with Crippen LogP contribution in [0.15, 0.2) is 12.2 Å². The fourth-order valence-electron chi connectivity index (χ4n) is 4.30. The monoisotopic (exact) mass is 486 g/mol. The van der Waals surface area contributed by atoms with Crippen molar-refractivity contribution in [2.75, 3.05) is 0 Å². The van der Waals surface area contributed by atoms with Crippen molar-refractivity contribution in [2.24, 2.45) is 0 Å². The molecular weight excluding hydrogens is 479 g/mol. The molecule has 4 aliphatic carbocycles. The highest BCUT2D eigenvalue weighted by molar-refractivity contribution is 5.88. The van der Waals surface area contributed by atoms with Gasteiger partial charge in [-0.05, 0) is 6.92 Å². The minimum atomic E-state index is -7.61. The highest BCUT2D eigenvalue weighted by Crippen LogP contribution is 2.87. The van der Waals surface area contributed by atoms with Crippen LogP contribution in [0.2, 0.25) is 0 Å². The second kappa shape index (κ2) is 4.92. The molecule has 2 unspecified atom stereocenters. The van der Waals surface area contributed by atoms with Gasteiger partial charge in [0, 0.05) is 5.57 Å². The van der Waals surface area contributed by atoms with Gasteiger partial charge in [-0.3, -0.25) is 0 Å². The van der Waals surface area contributed by atoms with E-state index in [2.05, 4.69) is 11.3 Å². The van der Waals surface area contributed by atoms with E-state index in [0.717, 1.165) is 0 Å². The van der Waals surface area contributed by atoms with Gasteiger partial charge in [-0.25, -0.2) is 9.18 Å². The quantitative estimate of drug-likeness (QED) is 0.358. The van der Waals surface area contributed by atoms with E-state index >= 15 is 0 Å². The molecule has 178 valence electrons. The summed E-state index contributed by atoms with van der Waals surface area (Å²) in [4.78, 5) is 11.5. The molecule has 4 fully saturated rings. The summed E-state index contributed by atoms with van der Waals surface area (Å²) in [5.74, 6) is -48.0. The maximum atomic E-state index is 14.9. The van der Waals surface area contributed by atoms with Crippen LogP contribution in [0.4, 0.5) is 57.1 Å². The number of carbonyl (C=O) groups is 1. The van der Waals surface area contributed by atoms with Gasteiger partial charge in [0.15, 0.2) is 0 Å². The molecule has 4 nitrogen and oxygen atoms in total. The molecule has 4 rings (SSSR count). The van der Waals surface area contributed by atoms with E-state index in [1.807, 2.05) is 0 Å². The Hall–Kier alpha value is -1.78. The molecule has 0 radical (unpaired) electrons. The van der Waals surface area contributed by atoms with Crippen LogP contribution in [0, 0.1) is 0 Å². The number of alkyl halides is 13. The van der Waals surface area contributed by atoms with Crippen LogP contribution in [-0.4, -0.2) is 74.2 Å². The number of hydrogen-bond donors (Lipinski definition) is 2. The van der Waals surface area contributed by atoms with Crippen LogP contribution in [-0.2, 0) is 9.53 Å². The second-order valence-electron chi connectivity index (χ2n) is 7.38. The van der Waals surface area contributed by atoms with Crippen molar-refractivity contribution >= 4 is 5.97 Å². The zero-order chi connectivity index (χ0) is 24.9. The predicted octanol–water partition coefficient (Wildman–Crippen LogP) is 2.87.